The molecule has 0 atom stereocenters. The van der Waals surface area contributed by atoms with E-state index >= 15 is 0 Å². The predicted octanol–water partition coefficient (Wildman–Crippen LogP) is 3.79. The van der Waals surface area contributed by atoms with Gasteiger partial charge < -0.3 is 5.32 Å². The lowest BCUT2D eigenvalue weighted by Crippen LogP contribution is -2.42. The first-order chi connectivity index (χ1) is 11.7. The molecule has 0 saturated heterocycles. The van der Waals surface area contributed by atoms with Gasteiger partial charge in [0.1, 0.15) is 11.3 Å². The van der Waals surface area contributed by atoms with Gasteiger partial charge in [-0.15, -0.1) is 10.2 Å². The van der Waals surface area contributed by atoms with Gasteiger partial charge in [-0.1, -0.05) is 54.5 Å². The van der Waals surface area contributed by atoms with Crippen LogP contribution in [0.1, 0.15) is 37.7 Å². The number of thioether (sulfide) groups is 1. The summed E-state index contributed by atoms with van der Waals surface area (Å²) in [7, 11) is 0. The van der Waals surface area contributed by atoms with Crippen LogP contribution in [0.3, 0.4) is 0 Å². The first-order valence-corrected chi connectivity index (χ1v) is 9.96. The molecule has 0 aliphatic heterocycles. The highest BCUT2D eigenvalue weighted by Crippen LogP contribution is 2.39. The van der Waals surface area contributed by atoms with E-state index in [-0.39, 0.29) is 17.1 Å². The second-order valence-corrected chi connectivity index (χ2v) is 8.17. The van der Waals surface area contributed by atoms with Gasteiger partial charge in [-0.3, -0.25) is 4.79 Å². The summed E-state index contributed by atoms with van der Waals surface area (Å²) in [6.07, 6.45) is 5.58. The van der Waals surface area contributed by atoms with Crippen LogP contribution in [0.15, 0.2) is 34.1 Å². The Bertz CT molecular complexity index is 655. The van der Waals surface area contributed by atoms with Crippen molar-refractivity contribution in [3.8, 4) is 0 Å². The van der Waals surface area contributed by atoms with Crippen LogP contribution < -0.4 is 5.32 Å². The molecule has 0 spiro atoms. The monoisotopic (exact) mass is 365 g/mol. The largest absolute Gasteiger partial charge is 0.354 e. The topological polar surface area (TPSA) is 54.9 Å². The van der Waals surface area contributed by atoms with Gasteiger partial charge in [-0.25, -0.2) is 4.39 Å². The molecule has 24 heavy (non-hydrogen) atoms. The minimum Gasteiger partial charge on any atom is -0.354 e. The van der Waals surface area contributed by atoms with Gasteiger partial charge >= 0.3 is 0 Å². The van der Waals surface area contributed by atoms with Crippen molar-refractivity contribution in [2.75, 3.05) is 12.3 Å². The fraction of sp³-hybridized carbons (Fsp3) is 0.471. The zero-order chi connectivity index (χ0) is 16.8. The number of hydrogen-bond donors (Lipinski definition) is 1. The summed E-state index contributed by atoms with van der Waals surface area (Å²) < 4.78 is 14.0. The standard InChI is InChI=1S/C17H20FN3OS2/c18-14-6-4-13(5-7-14)17(8-2-1-3-9-17)11-19-15(22)10-23-16-21-20-12-24-16/h4-7,12H,1-3,8-11H2,(H,19,22). The number of amides is 1. The van der Waals surface area contributed by atoms with E-state index in [1.807, 2.05) is 12.1 Å². The zero-order valence-electron chi connectivity index (χ0n) is 13.3. The zero-order valence-corrected chi connectivity index (χ0v) is 15.0. The second kappa shape index (κ2) is 8.07. The van der Waals surface area contributed by atoms with Gasteiger partial charge in [0, 0.05) is 12.0 Å². The van der Waals surface area contributed by atoms with Crippen molar-refractivity contribution in [2.45, 2.75) is 41.9 Å². The van der Waals surface area contributed by atoms with Crippen molar-refractivity contribution in [1.29, 1.82) is 0 Å². The highest BCUT2D eigenvalue weighted by atomic mass is 32.2. The Balaban J connectivity index is 1.62. The molecular formula is C17H20FN3OS2. The van der Waals surface area contributed by atoms with Crippen LogP contribution in [0.5, 0.6) is 0 Å². The number of halogens is 1. The molecule has 128 valence electrons. The predicted molar refractivity (Wildman–Crippen MR) is 94.8 cm³/mol. The minimum atomic E-state index is -0.220. The molecule has 0 bridgehead atoms. The van der Waals surface area contributed by atoms with Crippen molar-refractivity contribution in [3.05, 3.63) is 41.2 Å². The molecule has 0 unspecified atom stereocenters. The molecule has 1 aromatic heterocycles. The number of carbonyl (C=O) groups excluding carboxylic acids is 1. The lowest BCUT2D eigenvalue weighted by atomic mass is 9.69. The summed E-state index contributed by atoms with van der Waals surface area (Å²) >= 11 is 2.84. The number of hydrogen-bond acceptors (Lipinski definition) is 5. The van der Waals surface area contributed by atoms with E-state index in [1.165, 1.54) is 41.7 Å². The summed E-state index contributed by atoms with van der Waals surface area (Å²) in [4.78, 5) is 12.2. The Morgan fingerprint density at radius 3 is 2.67 bits per heavy atom. The molecule has 2 aromatic rings. The van der Waals surface area contributed by atoms with E-state index < -0.39 is 0 Å². The molecule has 1 aromatic carbocycles. The maximum absolute atomic E-state index is 13.2. The van der Waals surface area contributed by atoms with Crippen molar-refractivity contribution in [3.63, 3.8) is 0 Å². The van der Waals surface area contributed by atoms with E-state index in [0.717, 1.165) is 35.6 Å². The van der Waals surface area contributed by atoms with Crippen LogP contribution >= 0.6 is 23.1 Å². The Hall–Kier alpha value is -1.47. The first kappa shape index (κ1) is 17.4. The summed E-state index contributed by atoms with van der Waals surface area (Å²) in [6, 6.07) is 6.75. The Morgan fingerprint density at radius 1 is 1.25 bits per heavy atom. The van der Waals surface area contributed by atoms with E-state index in [1.54, 1.807) is 5.51 Å². The average Bonchev–Trinajstić information content (AvgIpc) is 3.13. The fourth-order valence-corrected chi connectivity index (χ4v) is 4.59. The number of nitrogens with zero attached hydrogens (tertiary/aromatic N) is 2. The average molecular weight is 365 g/mol. The summed E-state index contributed by atoms with van der Waals surface area (Å²) in [5.74, 6) is 0.124. The van der Waals surface area contributed by atoms with Crippen molar-refractivity contribution < 1.29 is 9.18 Å². The summed E-state index contributed by atoms with van der Waals surface area (Å²) in [5, 5.41) is 10.8. The van der Waals surface area contributed by atoms with Gasteiger partial charge in [0.05, 0.1) is 5.75 Å². The first-order valence-electron chi connectivity index (χ1n) is 8.10. The normalized spacial score (nSPS) is 16.7. The van der Waals surface area contributed by atoms with Gasteiger partial charge in [-0.05, 0) is 30.5 Å². The summed E-state index contributed by atoms with van der Waals surface area (Å²) in [5.41, 5.74) is 2.71. The molecule has 4 nitrogen and oxygen atoms in total. The molecule has 1 saturated carbocycles. The van der Waals surface area contributed by atoms with Crippen LogP contribution in [-0.2, 0) is 10.2 Å². The van der Waals surface area contributed by atoms with Crippen LogP contribution in [0, 0.1) is 5.82 Å². The number of nitrogens with one attached hydrogen (secondary N) is 1. The number of carbonyl (C=O) groups is 1. The highest BCUT2D eigenvalue weighted by Gasteiger charge is 2.34. The van der Waals surface area contributed by atoms with E-state index in [2.05, 4.69) is 15.5 Å². The molecule has 1 N–H and O–H groups in total. The van der Waals surface area contributed by atoms with Gasteiger partial charge in [0.2, 0.25) is 5.91 Å². The second-order valence-electron chi connectivity index (χ2n) is 6.12. The van der Waals surface area contributed by atoms with Crippen LogP contribution in [0.4, 0.5) is 4.39 Å². The fourth-order valence-electron chi connectivity index (χ4n) is 3.27. The van der Waals surface area contributed by atoms with Gasteiger partial charge in [-0.2, -0.15) is 0 Å². The number of aromatic nitrogens is 2. The molecule has 1 aliphatic carbocycles. The minimum absolute atomic E-state index is 0.00209. The summed E-state index contributed by atoms with van der Waals surface area (Å²) in [6.45, 7) is 0.605. The Kier molecular flexibility index (Phi) is 5.84. The highest BCUT2D eigenvalue weighted by molar-refractivity contribution is 8.01. The third-order valence-electron chi connectivity index (χ3n) is 4.56. The quantitative estimate of drug-likeness (QED) is 0.792. The molecule has 1 aliphatic rings. The SMILES string of the molecule is O=C(CSc1nncs1)NCC1(c2ccc(F)cc2)CCCCC1. The van der Waals surface area contributed by atoms with E-state index in [9.17, 15) is 9.18 Å². The third-order valence-corrected chi connectivity index (χ3v) is 6.42. The van der Waals surface area contributed by atoms with Crippen LogP contribution in [-0.4, -0.2) is 28.4 Å². The maximum Gasteiger partial charge on any atom is 0.230 e. The molecular weight excluding hydrogens is 345 g/mol. The van der Waals surface area contributed by atoms with Crippen LogP contribution in [0.2, 0.25) is 0 Å². The Morgan fingerprint density at radius 2 is 2.00 bits per heavy atom. The van der Waals surface area contributed by atoms with Crippen LogP contribution in [0.25, 0.3) is 0 Å². The lowest BCUT2D eigenvalue weighted by molar-refractivity contribution is -0.118. The Labute approximate surface area is 149 Å². The molecule has 3 rings (SSSR count). The molecule has 1 fully saturated rings. The van der Waals surface area contributed by atoms with E-state index in [4.69, 9.17) is 0 Å². The number of rotatable bonds is 6. The molecule has 0 radical (unpaired) electrons. The van der Waals surface area contributed by atoms with E-state index in [0.29, 0.717) is 12.3 Å². The lowest BCUT2D eigenvalue weighted by Gasteiger charge is -2.38. The van der Waals surface area contributed by atoms with Gasteiger partial charge in [0.15, 0.2) is 4.34 Å². The van der Waals surface area contributed by atoms with Crippen molar-refractivity contribution in [1.82, 2.24) is 15.5 Å². The van der Waals surface area contributed by atoms with Crippen molar-refractivity contribution >= 4 is 29.0 Å². The maximum atomic E-state index is 13.2. The number of benzene rings is 1. The molecule has 1 heterocycles. The third kappa shape index (κ3) is 4.33. The smallest absolute Gasteiger partial charge is 0.230 e. The molecule has 7 heteroatoms. The van der Waals surface area contributed by atoms with Gasteiger partial charge in [0.25, 0.3) is 0 Å². The van der Waals surface area contributed by atoms with Crippen molar-refractivity contribution in [2.24, 2.45) is 0 Å². The molecule has 1 amide bonds.